The van der Waals surface area contributed by atoms with Gasteiger partial charge in [0.1, 0.15) is 0 Å². The Balaban J connectivity index is 1.57. The van der Waals surface area contributed by atoms with E-state index in [9.17, 15) is 32.8 Å². The number of nitrogens with zero attached hydrogens (tertiary/aromatic N) is 3. The topological polar surface area (TPSA) is 115 Å². The number of halogens is 3. The van der Waals surface area contributed by atoms with Crippen molar-refractivity contribution in [2.24, 2.45) is 5.92 Å². The average Bonchev–Trinajstić information content (AvgIpc) is 3.33. The van der Waals surface area contributed by atoms with Crippen LogP contribution >= 0.6 is 0 Å². The van der Waals surface area contributed by atoms with E-state index in [2.05, 4.69) is 10.6 Å². The highest BCUT2D eigenvalue weighted by Crippen LogP contribution is 2.37. The standard InChI is InChI=1S/C24H28F3N5O4/c1-13-8-16(19(25)23(34)29-13)22(33)30-15-2-3-32(12-15)20-17(21(26)27)9-14(11-28)10-18(20)24(35)31-4-6-36-7-5-31/h9-10,13,15-16,19,21H,2-8,12H2,1H3,(H,29,34)(H,30,33)/t13?,15-,16?,19?/m1/s1. The number of hydrogen-bond donors (Lipinski definition) is 2. The molecule has 0 aromatic heterocycles. The predicted octanol–water partition coefficient (Wildman–Crippen LogP) is 1.53. The highest BCUT2D eigenvalue weighted by atomic mass is 19.3. The van der Waals surface area contributed by atoms with Crippen LogP contribution in [0.2, 0.25) is 0 Å². The zero-order chi connectivity index (χ0) is 26.0. The van der Waals surface area contributed by atoms with E-state index in [0.717, 1.165) is 6.07 Å². The number of anilines is 1. The molecule has 3 unspecified atom stereocenters. The van der Waals surface area contributed by atoms with Gasteiger partial charge in [-0.2, -0.15) is 5.26 Å². The van der Waals surface area contributed by atoms with Gasteiger partial charge in [-0.15, -0.1) is 0 Å². The summed E-state index contributed by atoms with van der Waals surface area (Å²) in [5.74, 6) is -3.03. The second-order valence-corrected chi connectivity index (χ2v) is 9.37. The van der Waals surface area contributed by atoms with Gasteiger partial charge in [0.05, 0.1) is 42.0 Å². The maximum atomic E-state index is 14.4. The molecule has 12 heteroatoms. The van der Waals surface area contributed by atoms with Crippen molar-refractivity contribution >= 4 is 23.4 Å². The maximum Gasteiger partial charge on any atom is 0.265 e. The molecule has 3 saturated heterocycles. The first-order chi connectivity index (χ1) is 17.2. The quantitative estimate of drug-likeness (QED) is 0.625. The van der Waals surface area contributed by atoms with Crippen molar-refractivity contribution in [1.82, 2.24) is 15.5 Å². The van der Waals surface area contributed by atoms with E-state index in [1.165, 1.54) is 11.0 Å². The van der Waals surface area contributed by atoms with E-state index in [0.29, 0.717) is 32.7 Å². The van der Waals surface area contributed by atoms with Crippen LogP contribution in [0.15, 0.2) is 12.1 Å². The molecule has 3 heterocycles. The predicted molar refractivity (Wildman–Crippen MR) is 122 cm³/mol. The fraction of sp³-hybridized carbons (Fsp3) is 0.583. The number of ether oxygens (including phenoxy) is 1. The summed E-state index contributed by atoms with van der Waals surface area (Å²) in [5.41, 5.74) is -0.446. The molecule has 1 aromatic rings. The summed E-state index contributed by atoms with van der Waals surface area (Å²) in [6.07, 6.45) is -4.36. The maximum absolute atomic E-state index is 14.4. The molecule has 194 valence electrons. The van der Waals surface area contributed by atoms with Crippen LogP contribution in [-0.2, 0) is 14.3 Å². The Morgan fingerprint density at radius 2 is 1.97 bits per heavy atom. The van der Waals surface area contributed by atoms with E-state index >= 15 is 0 Å². The molecule has 2 N–H and O–H groups in total. The van der Waals surface area contributed by atoms with E-state index in [1.807, 2.05) is 6.07 Å². The van der Waals surface area contributed by atoms with E-state index in [4.69, 9.17) is 4.74 Å². The van der Waals surface area contributed by atoms with Gasteiger partial charge >= 0.3 is 0 Å². The highest BCUT2D eigenvalue weighted by molar-refractivity contribution is 6.01. The van der Waals surface area contributed by atoms with Gasteiger partial charge in [0.25, 0.3) is 18.2 Å². The number of piperidine rings is 1. The normalized spacial score (nSPS) is 26.5. The SMILES string of the molecule is CC1CC(C(=O)N[C@@H]2CCN(c3c(C(=O)N4CCOCC4)cc(C#N)cc3C(F)F)C2)C(F)C(=O)N1. The number of carbonyl (C=O) groups is 3. The number of amides is 3. The fourth-order valence-electron chi connectivity index (χ4n) is 5.03. The molecular formula is C24H28F3N5O4. The van der Waals surface area contributed by atoms with Crippen LogP contribution in [0.4, 0.5) is 18.9 Å². The summed E-state index contributed by atoms with van der Waals surface area (Å²) in [4.78, 5) is 41.0. The number of benzene rings is 1. The number of hydrogen-bond acceptors (Lipinski definition) is 6. The number of nitrogens with one attached hydrogen (secondary N) is 2. The van der Waals surface area contributed by atoms with Crippen LogP contribution in [0.1, 0.15) is 47.7 Å². The molecule has 4 atom stereocenters. The molecule has 1 aromatic carbocycles. The molecule has 0 bridgehead atoms. The van der Waals surface area contributed by atoms with Crippen molar-refractivity contribution in [2.75, 3.05) is 44.3 Å². The Morgan fingerprint density at radius 3 is 2.64 bits per heavy atom. The van der Waals surface area contributed by atoms with Gasteiger partial charge in [-0.1, -0.05) is 0 Å². The van der Waals surface area contributed by atoms with Crippen molar-refractivity contribution in [3.8, 4) is 6.07 Å². The minimum Gasteiger partial charge on any atom is -0.378 e. The summed E-state index contributed by atoms with van der Waals surface area (Å²) < 4.78 is 47.9. The first kappa shape index (κ1) is 25.8. The van der Waals surface area contributed by atoms with Gasteiger partial charge < -0.3 is 25.2 Å². The van der Waals surface area contributed by atoms with E-state index < -0.39 is 47.8 Å². The summed E-state index contributed by atoms with van der Waals surface area (Å²) in [5, 5.41) is 14.6. The second-order valence-electron chi connectivity index (χ2n) is 9.37. The molecule has 3 aliphatic rings. The Labute approximate surface area is 206 Å². The van der Waals surface area contributed by atoms with E-state index in [-0.39, 0.29) is 42.4 Å². The van der Waals surface area contributed by atoms with Crippen LogP contribution in [-0.4, -0.2) is 80.3 Å². The minimum absolute atomic E-state index is 0.000162. The third kappa shape index (κ3) is 5.26. The fourth-order valence-corrected chi connectivity index (χ4v) is 5.03. The Morgan fingerprint density at radius 1 is 1.25 bits per heavy atom. The van der Waals surface area contributed by atoms with Crippen LogP contribution in [0, 0.1) is 17.2 Å². The van der Waals surface area contributed by atoms with Gasteiger partial charge in [0, 0.05) is 43.8 Å². The molecule has 0 aliphatic carbocycles. The monoisotopic (exact) mass is 507 g/mol. The number of morpholine rings is 1. The van der Waals surface area contributed by atoms with Gasteiger partial charge in [0.15, 0.2) is 6.17 Å². The molecule has 3 fully saturated rings. The first-order valence-corrected chi connectivity index (χ1v) is 11.9. The number of carbonyl (C=O) groups excluding carboxylic acids is 3. The number of rotatable bonds is 5. The Bertz CT molecular complexity index is 1070. The summed E-state index contributed by atoms with van der Waals surface area (Å²) in [7, 11) is 0. The molecule has 9 nitrogen and oxygen atoms in total. The lowest BCUT2D eigenvalue weighted by Gasteiger charge is -2.31. The van der Waals surface area contributed by atoms with Crippen LogP contribution < -0.4 is 15.5 Å². The molecule has 0 saturated carbocycles. The van der Waals surface area contributed by atoms with Gasteiger partial charge in [0.2, 0.25) is 5.91 Å². The highest BCUT2D eigenvalue weighted by Gasteiger charge is 2.41. The third-order valence-corrected chi connectivity index (χ3v) is 6.82. The van der Waals surface area contributed by atoms with Crippen molar-refractivity contribution < 1.29 is 32.3 Å². The Hall–Kier alpha value is -3.33. The smallest absolute Gasteiger partial charge is 0.265 e. The minimum atomic E-state index is -2.94. The lowest BCUT2D eigenvalue weighted by Crippen LogP contribution is -2.54. The number of alkyl halides is 3. The van der Waals surface area contributed by atoms with Crippen LogP contribution in [0.3, 0.4) is 0 Å². The molecule has 4 rings (SSSR count). The lowest BCUT2D eigenvalue weighted by atomic mass is 9.90. The molecular weight excluding hydrogens is 479 g/mol. The van der Waals surface area contributed by atoms with Crippen molar-refractivity contribution in [3.63, 3.8) is 0 Å². The molecule has 36 heavy (non-hydrogen) atoms. The van der Waals surface area contributed by atoms with Gasteiger partial charge in [-0.05, 0) is 31.9 Å². The largest absolute Gasteiger partial charge is 0.378 e. The van der Waals surface area contributed by atoms with Crippen molar-refractivity contribution in [2.45, 2.75) is 44.4 Å². The molecule has 3 aliphatic heterocycles. The molecule has 3 amide bonds. The second kappa shape index (κ2) is 10.7. The van der Waals surface area contributed by atoms with Gasteiger partial charge in [-0.25, -0.2) is 13.2 Å². The van der Waals surface area contributed by atoms with Crippen molar-refractivity contribution in [1.29, 1.82) is 5.26 Å². The first-order valence-electron chi connectivity index (χ1n) is 11.9. The van der Waals surface area contributed by atoms with Gasteiger partial charge in [-0.3, -0.25) is 14.4 Å². The lowest BCUT2D eigenvalue weighted by molar-refractivity contribution is -0.140. The summed E-state index contributed by atoms with van der Waals surface area (Å²) in [6.45, 7) is 3.32. The van der Waals surface area contributed by atoms with Crippen LogP contribution in [0.5, 0.6) is 0 Å². The zero-order valence-electron chi connectivity index (χ0n) is 19.8. The Kier molecular flexibility index (Phi) is 7.68. The summed E-state index contributed by atoms with van der Waals surface area (Å²) in [6, 6.07) is 3.42. The summed E-state index contributed by atoms with van der Waals surface area (Å²) >= 11 is 0. The van der Waals surface area contributed by atoms with E-state index in [1.54, 1.807) is 11.8 Å². The molecule has 0 radical (unpaired) electrons. The average molecular weight is 508 g/mol. The van der Waals surface area contributed by atoms with Crippen molar-refractivity contribution in [3.05, 3.63) is 28.8 Å². The third-order valence-electron chi connectivity index (χ3n) is 6.82. The number of nitriles is 1. The molecule has 0 spiro atoms. The zero-order valence-corrected chi connectivity index (χ0v) is 19.8. The van der Waals surface area contributed by atoms with Crippen LogP contribution in [0.25, 0.3) is 0 Å².